The number of carbonyl (C=O) groups is 1. The molecule has 0 radical (unpaired) electrons. The second-order valence-electron chi connectivity index (χ2n) is 4.79. The topological polar surface area (TPSA) is 50.4 Å². The number of carbonyl (C=O) groups excluding carboxylic acids is 1. The molecule has 3 atom stereocenters. The van der Waals surface area contributed by atoms with Gasteiger partial charge < -0.3 is 15.4 Å². The fraction of sp³-hybridized carbons (Fsp3) is 0.917. The molecule has 1 fully saturated rings. The highest BCUT2D eigenvalue weighted by Crippen LogP contribution is 2.31. The van der Waals surface area contributed by atoms with Crippen molar-refractivity contribution in [2.75, 3.05) is 19.7 Å². The molecule has 0 aliphatic carbocycles. The molecular weight excluding hydrogens is 261 g/mol. The molecule has 7 heteroatoms. The summed E-state index contributed by atoms with van der Waals surface area (Å²) in [4.78, 5) is 11.8. The highest BCUT2D eigenvalue weighted by Gasteiger charge is 2.42. The van der Waals surface area contributed by atoms with E-state index < -0.39 is 18.1 Å². The van der Waals surface area contributed by atoms with Crippen LogP contribution in [-0.2, 0) is 9.53 Å². The van der Waals surface area contributed by atoms with Crippen LogP contribution >= 0.6 is 0 Å². The Balaban J connectivity index is 2.29. The number of nitrogens with one attached hydrogen (secondary N) is 2. The van der Waals surface area contributed by atoms with E-state index in [4.69, 9.17) is 4.74 Å². The third-order valence-corrected chi connectivity index (χ3v) is 3.21. The van der Waals surface area contributed by atoms with Gasteiger partial charge in [0, 0.05) is 19.7 Å². The summed E-state index contributed by atoms with van der Waals surface area (Å²) in [6, 6.07) is -0.535. The maximum Gasteiger partial charge on any atom is 0.393 e. The van der Waals surface area contributed by atoms with Gasteiger partial charge in [0.15, 0.2) is 0 Å². The molecule has 112 valence electrons. The highest BCUT2D eigenvalue weighted by molar-refractivity contribution is 5.81. The molecule has 1 rings (SSSR count). The predicted octanol–water partition coefficient (Wildman–Crippen LogP) is 1.46. The molecule has 0 aromatic rings. The first-order valence-electron chi connectivity index (χ1n) is 6.54. The Kier molecular flexibility index (Phi) is 6.06. The summed E-state index contributed by atoms with van der Waals surface area (Å²) in [6.07, 6.45) is -4.08. The van der Waals surface area contributed by atoms with Gasteiger partial charge in [-0.15, -0.1) is 0 Å². The SMILES string of the molecule is CCOC(C)CNC(=O)C1CCC(C(F)(F)F)CN1. The first-order valence-corrected chi connectivity index (χ1v) is 6.54. The van der Waals surface area contributed by atoms with Crippen LogP contribution in [0.3, 0.4) is 0 Å². The van der Waals surface area contributed by atoms with Gasteiger partial charge in [0.1, 0.15) is 0 Å². The van der Waals surface area contributed by atoms with Gasteiger partial charge in [-0.3, -0.25) is 4.79 Å². The average Bonchev–Trinajstić information content (AvgIpc) is 2.35. The van der Waals surface area contributed by atoms with E-state index >= 15 is 0 Å². The van der Waals surface area contributed by atoms with Gasteiger partial charge >= 0.3 is 6.18 Å². The molecule has 0 aromatic heterocycles. The van der Waals surface area contributed by atoms with Gasteiger partial charge in [-0.05, 0) is 26.7 Å². The third-order valence-electron chi connectivity index (χ3n) is 3.21. The average molecular weight is 282 g/mol. The summed E-state index contributed by atoms with van der Waals surface area (Å²) in [5, 5.41) is 5.34. The zero-order chi connectivity index (χ0) is 14.5. The smallest absolute Gasteiger partial charge is 0.377 e. The first kappa shape index (κ1) is 16.2. The van der Waals surface area contributed by atoms with Crippen LogP contribution in [0.1, 0.15) is 26.7 Å². The third kappa shape index (κ3) is 5.36. The molecule has 1 heterocycles. The van der Waals surface area contributed by atoms with Gasteiger partial charge in [-0.2, -0.15) is 13.2 Å². The Morgan fingerprint density at radius 3 is 2.63 bits per heavy atom. The number of piperidine rings is 1. The fourth-order valence-electron chi connectivity index (χ4n) is 2.07. The van der Waals surface area contributed by atoms with Crippen LogP contribution in [0.4, 0.5) is 13.2 Å². The van der Waals surface area contributed by atoms with Crippen LogP contribution in [0, 0.1) is 5.92 Å². The van der Waals surface area contributed by atoms with E-state index in [0.29, 0.717) is 13.2 Å². The Bertz CT molecular complexity index is 289. The van der Waals surface area contributed by atoms with E-state index in [1.807, 2.05) is 13.8 Å². The fourth-order valence-corrected chi connectivity index (χ4v) is 2.07. The molecule has 3 unspecified atom stereocenters. The summed E-state index contributed by atoms with van der Waals surface area (Å²) in [6.45, 7) is 4.43. The van der Waals surface area contributed by atoms with Crippen molar-refractivity contribution in [2.24, 2.45) is 5.92 Å². The van der Waals surface area contributed by atoms with Crippen molar-refractivity contribution in [2.45, 2.75) is 45.0 Å². The van der Waals surface area contributed by atoms with Crippen molar-refractivity contribution in [3.8, 4) is 0 Å². The van der Waals surface area contributed by atoms with E-state index in [1.165, 1.54) is 0 Å². The molecule has 1 aliphatic heterocycles. The Hall–Kier alpha value is -0.820. The normalized spacial score (nSPS) is 25.9. The minimum absolute atomic E-state index is 0.00436. The van der Waals surface area contributed by atoms with Crippen molar-refractivity contribution in [3.63, 3.8) is 0 Å². The van der Waals surface area contributed by atoms with E-state index in [2.05, 4.69) is 10.6 Å². The van der Waals surface area contributed by atoms with Gasteiger partial charge in [-0.25, -0.2) is 0 Å². The molecule has 1 aliphatic rings. The summed E-state index contributed by atoms with van der Waals surface area (Å²) in [5.41, 5.74) is 0. The van der Waals surface area contributed by atoms with Crippen LogP contribution in [-0.4, -0.2) is 43.9 Å². The van der Waals surface area contributed by atoms with Crippen molar-refractivity contribution in [3.05, 3.63) is 0 Å². The Morgan fingerprint density at radius 1 is 1.47 bits per heavy atom. The molecule has 19 heavy (non-hydrogen) atoms. The van der Waals surface area contributed by atoms with Gasteiger partial charge in [0.05, 0.1) is 18.1 Å². The lowest BCUT2D eigenvalue weighted by atomic mass is 9.94. The molecule has 2 N–H and O–H groups in total. The van der Waals surface area contributed by atoms with E-state index in [9.17, 15) is 18.0 Å². The number of halogens is 3. The van der Waals surface area contributed by atoms with Crippen LogP contribution in [0.2, 0.25) is 0 Å². The van der Waals surface area contributed by atoms with E-state index in [-0.39, 0.29) is 31.4 Å². The number of hydrogen-bond donors (Lipinski definition) is 2. The minimum atomic E-state index is -4.18. The van der Waals surface area contributed by atoms with Crippen LogP contribution < -0.4 is 10.6 Å². The molecular formula is C12H21F3N2O2. The quantitative estimate of drug-likeness (QED) is 0.802. The lowest BCUT2D eigenvalue weighted by Gasteiger charge is -2.30. The zero-order valence-electron chi connectivity index (χ0n) is 11.2. The standard InChI is InChI=1S/C12H21F3N2O2/c1-3-19-8(2)6-17-11(18)10-5-4-9(7-16-10)12(13,14)15/h8-10,16H,3-7H2,1-2H3,(H,17,18). The number of hydrogen-bond acceptors (Lipinski definition) is 3. The second kappa shape index (κ2) is 7.09. The van der Waals surface area contributed by atoms with Crippen LogP contribution in [0.15, 0.2) is 0 Å². The predicted molar refractivity (Wildman–Crippen MR) is 64.7 cm³/mol. The summed E-state index contributed by atoms with van der Waals surface area (Å²) >= 11 is 0. The summed E-state index contributed by atoms with van der Waals surface area (Å²) in [7, 11) is 0. The van der Waals surface area contributed by atoms with E-state index in [1.54, 1.807) is 0 Å². The molecule has 1 amide bonds. The zero-order valence-corrected chi connectivity index (χ0v) is 11.2. The largest absolute Gasteiger partial charge is 0.393 e. The molecule has 0 bridgehead atoms. The number of amides is 1. The highest BCUT2D eigenvalue weighted by atomic mass is 19.4. The summed E-state index contributed by atoms with van der Waals surface area (Å²) in [5.74, 6) is -1.61. The van der Waals surface area contributed by atoms with Crippen molar-refractivity contribution < 1.29 is 22.7 Å². The molecule has 0 saturated carbocycles. The van der Waals surface area contributed by atoms with Crippen LogP contribution in [0.25, 0.3) is 0 Å². The molecule has 0 spiro atoms. The lowest BCUT2D eigenvalue weighted by Crippen LogP contribution is -2.52. The maximum absolute atomic E-state index is 12.5. The van der Waals surface area contributed by atoms with Gasteiger partial charge in [-0.1, -0.05) is 0 Å². The molecule has 4 nitrogen and oxygen atoms in total. The van der Waals surface area contributed by atoms with E-state index in [0.717, 1.165) is 0 Å². The number of alkyl halides is 3. The molecule has 0 aromatic carbocycles. The lowest BCUT2D eigenvalue weighted by molar-refractivity contribution is -0.180. The minimum Gasteiger partial charge on any atom is -0.377 e. The molecule has 1 saturated heterocycles. The van der Waals surface area contributed by atoms with Crippen LogP contribution in [0.5, 0.6) is 0 Å². The monoisotopic (exact) mass is 282 g/mol. The number of ether oxygens (including phenoxy) is 1. The van der Waals surface area contributed by atoms with Crippen molar-refractivity contribution in [1.29, 1.82) is 0 Å². The van der Waals surface area contributed by atoms with Crippen molar-refractivity contribution >= 4 is 5.91 Å². The Morgan fingerprint density at radius 2 is 2.16 bits per heavy atom. The van der Waals surface area contributed by atoms with Crippen molar-refractivity contribution in [1.82, 2.24) is 10.6 Å². The van der Waals surface area contributed by atoms with Gasteiger partial charge in [0.25, 0.3) is 0 Å². The second-order valence-corrected chi connectivity index (χ2v) is 4.79. The first-order chi connectivity index (χ1) is 8.84. The van der Waals surface area contributed by atoms with Gasteiger partial charge in [0.2, 0.25) is 5.91 Å². The Labute approximate surface area is 111 Å². The maximum atomic E-state index is 12.5. The summed E-state index contributed by atoms with van der Waals surface area (Å²) < 4.78 is 42.6. The number of rotatable bonds is 5.